The highest BCUT2D eigenvalue weighted by atomic mass is 28.3. The standard InChI is InChI=1S/C28H34OSi/c1-18-15-21-16-22(25-13-14-26(29-25)30(6,7)8)17-24(21)27(19(18)2)20-9-11-23(12-10-20)28(3,4)5/h9-15,17H,16H2,1-8H3. The van der Waals surface area contributed by atoms with E-state index in [9.17, 15) is 0 Å². The van der Waals surface area contributed by atoms with Crippen LogP contribution in [-0.2, 0) is 11.8 Å². The first-order valence-corrected chi connectivity index (χ1v) is 14.5. The molecule has 1 heterocycles. The van der Waals surface area contributed by atoms with Crippen molar-refractivity contribution in [3.05, 3.63) is 76.0 Å². The van der Waals surface area contributed by atoms with Crippen LogP contribution in [0.1, 0.15) is 54.3 Å². The Bertz CT molecular complexity index is 1130. The fraction of sp³-hybridized carbons (Fsp3) is 0.357. The Morgan fingerprint density at radius 3 is 2.13 bits per heavy atom. The molecule has 2 heteroatoms. The van der Waals surface area contributed by atoms with Crippen LogP contribution in [0.2, 0.25) is 19.6 Å². The normalized spacial score (nSPS) is 14.1. The van der Waals surface area contributed by atoms with Gasteiger partial charge in [0.05, 0.1) is 5.38 Å². The topological polar surface area (TPSA) is 13.1 Å². The Morgan fingerprint density at radius 1 is 0.900 bits per heavy atom. The summed E-state index contributed by atoms with van der Waals surface area (Å²) in [6.07, 6.45) is 3.31. The van der Waals surface area contributed by atoms with Crippen molar-refractivity contribution in [2.45, 2.75) is 66.1 Å². The Balaban J connectivity index is 1.79. The number of fused-ring (bicyclic) bond motifs is 1. The van der Waals surface area contributed by atoms with Crippen LogP contribution < -0.4 is 5.38 Å². The molecule has 4 rings (SSSR count). The molecule has 1 aromatic heterocycles. The van der Waals surface area contributed by atoms with Crippen molar-refractivity contribution in [3.63, 3.8) is 0 Å². The summed E-state index contributed by atoms with van der Waals surface area (Å²) in [6, 6.07) is 15.9. The molecule has 1 nitrogen and oxygen atoms in total. The van der Waals surface area contributed by atoms with Crippen molar-refractivity contribution >= 4 is 25.1 Å². The van der Waals surface area contributed by atoms with E-state index in [1.165, 1.54) is 49.9 Å². The molecule has 1 aliphatic carbocycles. The van der Waals surface area contributed by atoms with Gasteiger partial charge in [0, 0.05) is 6.42 Å². The lowest BCUT2D eigenvalue weighted by Crippen LogP contribution is -2.36. The van der Waals surface area contributed by atoms with Gasteiger partial charge in [-0.2, -0.15) is 0 Å². The van der Waals surface area contributed by atoms with Gasteiger partial charge in [-0.05, 0) is 82.0 Å². The van der Waals surface area contributed by atoms with Crippen molar-refractivity contribution in [2.24, 2.45) is 0 Å². The zero-order valence-corrected chi connectivity index (χ0v) is 20.7. The number of benzene rings is 2. The lowest BCUT2D eigenvalue weighted by molar-refractivity contribution is 0.581. The van der Waals surface area contributed by atoms with E-state index in [1.807, 2.05) is 0 Å². The van der Waals surface area contributed by atoms with Crippen LogP contribution in [0.15, 0.2) is 46.9 Å². The molecule has 156 valence electrons. The molecule has 0 amide bonds. The van der Waals surface area contributed by atoms with Gasteiger partial charge in [0.25, 0.3) is 0 Å². The number of hydrogen-bond acceptors (Lipinski definition) is 1. The summed E-state index contributed by atoms with van der Waals surface area (Å²) in [5.41, 5.74) is 11.0. The molecule has 0 saturated carbocycles. The Hall–Kier alpha value is -2.32. The van der Waals surface area contributed by atoms with E-state index in [2.05, 4.69) is 103 Å². The first kappa shape index (κ1) is 20.9. The summed E-state index contributed by atoms with van der Waals surface area (Å²) in [4.78, 5) is 0. The fourth-order valence-electron chi connectivity index (χ4n) is 4.33. The smallest absolute Gasteiger partial charge is 0.129 e. The van der Waals surface area contributed by atoms with Crippen LogP contribution in [0.5, 0.6) is 0 Å². The second-order valence-corrected chi connectivity index (χ2v) is 15.8. The monoisotopic (exact) mass is 414 g/mol. The molecule has 1 aliphatic rings. The third-order valence-corrected chi connectivity index (χ3v) is 8.12. The number of rotatable bonds is 3. The van der Waals surface area contributed by atoms with Gasteiger partial charge in [-0.3, -0.25) is 0 Å². The van der Waals surface area contributed by atoms with Crippen LogP contribution in [0.25, 0.3) is 22.8 Å². The highest BCUT2D eigenvalue weighted by molar-refractivity contribution is 6.87. The average Bonchev–Trinajstić information content (AvgIpc) is 3.29. The Labute approximate surface area is 182 Å². The minimum Gasteiger partial charge on any atom is -0.467 e. The van der Waals surface area contributed by atoms with Crippen LogP contribution >= 0.6 is 0 Å². The minimum atomic E-state index is -1.44. The third-order valence-electron chi connectivity index (χ3n) is 6.37. The lowest BCUT2D eigenvalue weighted by Gasteiger charge is -2.20. The van der Waals surface area contributed by atoms with Crippen molar-refractivity contribution in [1.29, 1.82) is 0 Å². The van der Waals surface area contributed by atoms with Crippen molar-refractivity contribution in [1.82, 2.24) is 0 Å². The highest BCUT2D eigenvalue weighted by Gasteiger charge is 2.25. The molecule has 0 aliphatic heterocycles. The Morgan fingerprint density at radius 2 is 1.57 bits per heavy atom. The van der Waals surface area contributed by atoms with E-state index in [1.54, 1.807) is 0 Å². The molecule has 0 bridgehead atoms. The SMILES string of the molecule is Cc1cc2c(c(-c3ccc(C(C)(C)C)cc3)c1C)C=C(c1ccc([Si](C)(C)C)o1)C2. The first-order valence-electron chi connectivity index (χ1n) is 11.0. The fourth-order valence-corrected chi connectivity index (χ4v) is 5.33. The summed E-state index contributed by atoms with van der Waals surface area (Å²) in [6.45, 7) is 18.3. The maximum Gasteiger partial charge on any atom is 0.129 e. The van der Waals surface area contributed by atoms with Crippen molar-refractivity contribution in [3.8, 4) is 11.1 Å². The van der Waals surface area contributed by atoms with E-state index in [4.69, 9.17) is 4.42 Å². The highest BCUT2D eigenvalue weighted by Crippen LogP contribution is 2.41. The zero-order valence-electron chi connectivity index (χ0n) is 19.7. The van der Waals surface area contributed by atoms with E-state index >= 15 is 0 Å². The van der Waals surface area contributed by atoms with Gasteiger partial charge in [-0.25, -0.2) is 0 Å². The predicted octanol–water partition coefficient (Wildman–Crippen LogP) is 7.50. The van der Waals surface area contributed by atoms with Gasteiger partial charge in [0.1, 0.15) is 13.8 Å². The van der Waals surface area contributed by atoms with E-state index in [0.29, 0.717) is 0 Å². The summed E-state index contributed by atoms with van der Waals surface area (Å²) in [7, 11) is -1.44. The van der Waals surface area contributed by atoms with E-state index in [0.717, 1.165) is 12.2 Å². The van der Waals surface area contributed by atoms with Crippen LogP contribution in [0.4, 0.5) is 0 Å². The molecule has 30 heavy (non-hydrogen) atoms. The number of hydrogen-bond donors (Lipinski definition) is 0. The van der Waals surface area contributed by atoms with Gasteiger partial charge in [0.15, 0.2) is 0 Å². The maximum absolute atomic E-state index is 6.32. The largest absolute Gasteiger partial charge is 0.467 e. The quantitative estimate of drug-likeness (QED) is 0.404. The molecule has 0 radical (unpaired) electrons. The molecule has 0 unspecified atom stereocenters. The van der Waals surface area contributed by atoms with Gasteiger partial charge < -0.3 is 4.42 Å². The summed E-state index contributed by atoms with van der Waals surface area (Å²) >= 11 is 0. The van der Waals surface area contributed by atoms with Crippen molar-refractivity contribution in [2.75, 3.05) is 0 Å². The van der Waals surface area contributed by atoms with Gasteiger partial charge in [-0.15, -0.1) is 0 Å². The molecule has 0 atom stereocenters. The van der Waals surface area contributed by atoms with Gasteiger partial charge in [-0.1, -0.05) is 70.7 Å². The summed E-state index contributed by atoms with van der Waals surface area (Å²) < 4.78 is 6.32. The number of allylic oxidation sites excluding steroid dienone is 1. The van der Waals surface area contributed by atoms with E-state index < -0.39 is 8.07 Å². The molecule has 0 N–H and O–H groups in total. The number of aryl methyl sites for hydroxylation is 1. The lowest BCUT2D eigenvalue weighted by atomic mass is 9.84. The molecular formula is C28H34OSi. The van der Waals surface area contributed by atoms with Crippen molar-refractivity contribution < 1.29 is 4.42 Å². The third kappa shape index (κ3) is 3.74. The molecule has 0 spiro atoms. The van der Waals surface area contributed by atoms with Gasteiger partial charge >= 0.3 is 0 Å². The second-order valence-electron chi connectivity index (χ2n) is 10.9. The summed E-state index contributed by atoms with van der Waals surface area (Å²) in [5, 5.41) is 1.18. The molecule has 0 fully saturated rings. The Kier molecular flexibility index (Phi) is 4.97. The predicted molar refractivity (Wildman–Crippen MR) is 133 cm³/mol. The molecule has 3 aromatic rings. The molecular weight excluding hydrogens is 380 g/mol. The number of furan rings is 1. The van der Waals surface area contributed by atoms with Crippen LogP contribution in [0, 0.1) is 13.8 Å². The molecule has 2 aromatic carbocycles. The van der Waals surface area contributed by atoms with E-state index in [-0.39, 0.29) is 5.41 Å². The average molecular weight is 415 g/mol. The second kappa shape index (κ2) is 7.13. The maximum atomic E-state index is 6.32. The van der Waals surface area contributed by atoms with Crippen LogP contribution in [0.3, 0.4) is 0 Å². The van der Waals surface area contributed by atoms with Crippen LogP contribution in [-0.4, -0.2) is 8.07 Å². The first-order chi connectivity index (χ1) is 13.9. The zero-order chi connectivity index (χ0) is 21.8. The summed E-state index contributed by atoms with van der Waals surface area (Å²) in [5.74, 6) is 1.04. The van der Waals surface area contributed by atoms with Gasteiger partial charge in [0.2, 0.25) is 0 Å². The minimum absolute atomic E-state index is 0.169. The molecule has 0 saturated heterocycles.